The van der Waals surface area contributed by atoms with Crippen LogP contribution >= 0.6 is 11.5 Å². The van der Waals surface area contributed by atoms with Crippen molar-refractivity contribution in [2.75, 3.05) is 22.6 Å². The van der Waals surface area contributed by atoms with Crippen LogP contribution < -0.4 is 22.1 Å². The summed E-state index contributed by atoms with van der Waals surface area (Å²) in [6.45, 7) is 1.83. The fourth-order valence-corrected chi connectivity index (χ4v) is 3.55. The van der Waals surface area contributed by atoms with Crippen LogP contribution in [-0.4, -0.2) is 47.6 Å². The van der Waals surface area contributed by atoms with Crippen LogP contribution in [0.15, 0.2) is 18.3 Å². The second-order valence-corrected chi connectivity index (χ2v) is 9.02. The largest absolute Gasteiger partial charge is 0.372 e. The molecule has 1 atom stereocenters. The number of carbonyl (C=O) groups is 2. The first-order valence-corrected chi connectivity index (χ1v) is 10.6. The van der Waals surface area contributed by atoms with Gasteiger partial charge in [0.25, 0.3) is 5.91 Å². The Balaban J connectivity index is 2.26. The van der Waals surface area contributed by atoms with Gasteiger partial charge in [-0.2, -0.15) is 4.37 Å². The van der Waals surface area contributed by atoms with Crippen LogP contribution in [0.2, 0.25) is 0 Å². The van der Waals surface area contributed by atoms with Crippen molar-refractivity contribution < 1.29 is 18.0 Å². The molecule has 0 aromatic carbocycles. The summed E-state index contributed by atoms with van der Waals surface area (Å²) < 4.78 is 26.8. The molecule has 2 heterocycles. The summed E-state index contributed by atoms with van der Waals surface area (Å²) >= 11 is 1.20. The number of primary amides is 2. The van der Waals surface area contributed by atoms with Gasteiger partial charge in [-0.15, -0.1) is 0 Å². The van der Waals surface area contributed by atoms with Gasteiger partial charge in [-0.3, -0.25) is 9.59 Å². The summed E-state index contributed by atoms with van der Waals surface area (Å²) in [5.74, 6) is -1.63. The van der Waals surface area contributed by atoms with E-state index in [4.69, 9.17) is 11.5 Å². The third-order valence-electron chi connectivity index (χ3n) is 3.47. The van der Waals surface area contributed by atoms with Gasteiger partial charge in [-0.25, -0.2) is 13.4 Å². The topological polar surface area (TPSA) is 170 Å². The molecule has 0 fully saturated rings. The standard InChI is InChI=1S/C15H20N6O4S2/c1-8-5-12(26-21-8)20-11-6-9(7-18-13(11)15(17)23)19-10(14(16)22)3-4-27(2,24)25/h5-7,10,19-20H,3-4H2,1-2H3,(H2,16,22)(H2,17,23). The van der Waals surface area contributed by atoms with Crippen LogP contribution in [-0.2, 0) is 14.6 Å². The fraction of sp³-hybridized carbons (Fsp3) is 0.333. The minimum absolute atomic E-state index is 0.00252. The fourth-order valence-electron chi connectivity index (χ4n) is 2.21. The molecule has 0 saturated carbocycles. The molecule has 12 heteroatoms. The maximum absolute atomic E-state index is 11.6. The summed E-state index contributed by atoms with van der Waals surface area (Å²) in [5.41, 5.74) is 12.2. The Labute approximate surface area is 160 Å². The van der Waals surface area contributed by atoms with Crippen LogP contribution in [0.5, 0.6) is 0 Å². The van der Waals surface area contributed by atoms with Gasteiger partial charge in [0.15, 0.2) is 5.69 Å². The van der Waals surface area contributed by atoms with Crippen molar-refractivity contribution in [3.05, 3.63) is 29.7 Å². The van der Waals surface area contributed by atoms with Crippen molar-refractivity contribution in [1.29, 1.82) is 0 Å². The number of hydrogen-bond donors (Lipinski definition) is 4. The first-order valence-electron chi connectivity index (χ1n) is 7.79. The van der Waals surface area contributed by atoms with E-state index < -0.39 is 27.7 Å². The van der Waals surface area contributed by atoms with E-state index in [1.165, 1.54) is 17.7 Å². The molecule has 0 spiro atoms. The van der Waals surface area contributed by atoms with Gasteiger partial charge in [-0.1, -0.05) is 0 Å². The highest BCUT2D eigenvalue weighted by Crippen LogP contribution is 2.26. The summed E-state index contributed by atoms with van der Waals surface area (Å²) in [6, 6.07) is 2.41. The maximum atomic E-state index is 11.6. The molecule has 0 aliphatic heterocycles. The van der Waals surface area contributed by atoms with Gasteiger partial charge in [0.2, 0.25) is 5.91 Å². The number of nitrogens with two attached hydrogens (primary N) is 2. The van der Waals surface area contributed by atoms with Gasteiger partial charge in [0.1, 0.15) is 20.9 Å². The van der Waals surface area contributed by atoms with Gasteiger partial charge in [0, 0.05) is 6.26 Å². The van der Waals surface area contributed by atoms with E-state index >= 15 is 0 Å². The number of aromatic nitrogens is 2. The number of hydrogen-bond acceptors (Lipinski definition) is 9. The number of sulfone groups is 1. The lowest BCUT2D eigenvalue weighted by Gasteiger charge is -2.17. The second-order valence-electron chi connectivity index (χ2n) is 5.96. The third-order valence-corrected chi connectivity index (χ3v) is 5.24. The third kappa shape index (κ3) is 6.18. The van der Waals surface area contributed by atoms with E-state index in [1.807, 2.05) is 6.92 Å². The van der Waals surface area contributed by atoms with Crippen LogP contribution in [0.1, 0.15) is 22.6 Å². The summed E-state index contributed by atoms with van der Waals surface area (Å²) in [5, 5.41) is 6.54. The zero-order valence-electron chi connectivity index (χ0n) is 14.7. The summed E-state index contributed by atoms with van der Waals surface area (Å²) in [4.78, 5) is 27.3. The van der Waals surface area contributed by atoms with E-state index in [0.29, 0.717) is 16.4 Å². The molecule has 2 aromatic rings. The van der Waals surface area contributed by atoms with Crippen LogP contribution in [0.25, 0.3) is 0 Å². The Kier molecular flexibility index (Phi) is 6.33. The molecule has 146 valence electrons. The Bertz CT molecular complexity index is 957. The predicted octanol–water partition coefficient (Wildman–Crippen LogP) is 0.390. The van der Waals surface area contributed by atoms with Crippen molar-refractivity contribution in [1.82, 2.24) is 9.36 Å². The minimum Gasteiger partial charge on any atom is -0.372 e. The van der Waals surface area contributed by atoms with Crippen molar-refractivity contribution in [3.8, 4) is 0 Å². The Morgan fingerprint density at radius 1 is 1.30 bits per heavy atom. The lowest BCUT2D eigenvalue weighted by Crippen LogP contribution is -2.37. The molecule has 2 rings (SSSR count). The minimum atomic E-state index is -3.25. The Morgan fingerprint density at radius 2 is 2.00 bits per heavy atom. The SMILES string of the molecule is Cc1cc(Nc2cc(NC(CCS(C)(=O)=O)C(N)=O)cnc2C(N)=O)sn1. The van der Waals surface area contributed by atoms with Gasteiger partial charge < -0.3 is 22.1 Å². The van der Waals surface area contributed by atoms with Crippen molar-refractivity contribution in [3.63, 3.8) is 0 Å². The van der Waals surface area contributed by atoms with Crippen molar-refractivity contribution in [2.24, 2.45) is 11.5 Å². The van der Waals surface area contributed by atoms with E-state index in [2.05, 4.69) is 20.0 Å². The number of nitrogens with one attached hydrogen (secondary N) is 2. The number of anilines is 3. The van der Waals surface area contributed by atoms with Gasteiger partial charge in [-0.05, 0) is 37.0 Å². The van der Waals surface area contributed by atoms with E-state index in [0.717, 1.165) is 11.9 Å². The molecule has 2 aromatic heterocycles. The number of carbonyl (C=O) groups excluding carboxylic acids is 2. The number of nitrogens with zero attached hydrogens (tertiary/aromatic N) is 2. The molecular weight excluding hydrogens is 392 g/mol. The molecular formula is C15H20N6O4S2. The highest BCUT2D eigenvalue weighted by molar-refractivity contribution is 7.90. The smallest absolute Gasteiger partial charge is 0.269 e. The molecule has 10 nitrogen and oxygen atoms in total. The van der Waals surface area contributed by atoms with Crippen LogP contribution in [0.3, 0.4) is 0 Å². The monoisotopic (exact) mass is 412 g/mol. The first-order chi connectivity index (χ1) is 12.5. The summed E-state index contributed by atoms with van der Waals surface area (Å²) in [6.07, 6.45) is 2.40. The van der Waals surface area contributed by atoms with Crippen molar-refractivity contribution in [2.45, 2.75) is 19.4 Å². The highest BCUT2D eigenvalue weighted by atomic mass is 32.2. The molecule has 27 heavy (non-hydrogen) atoms. The van der Waals surface area contributed by atoms with E-state index in [1.54, 1.807) is 12.1 Å². The first kappa shape index (κ1) is 20.6. The zero-order valence-corrected chi connectivity index (χ0v) is 16.4. The highest BCUT2D eigenvalue weighted by Gasteiger charge is 2.19. The van der Waals surface area contributed by atoms with E-state index in [-0.39, 0.29) is 17.9 Å². The number of pyridine rings is 1. The average Bonchev–Trinajstić information content (AvgIpc) is 2.95. The molecule has 2 amide bonds. The number of amides is 2. The normalized spacial score (nSPS) is 12.4. The number of rotatable bonds is 9. The molecule has 1 unspecified atom stereocenters. The van der Waals surface area contributed by atoms with Crippen molar-refractivity contribution >= 4 is 49.6 Å². The molecule has 0 bridgehead atoms. The lowest BCUT2D eigenvalue weighted by molar-refractivity contribution is -0.118. The van der Waals surface area contributed by atoms with Crippen LogP contribution in [0, 0.1) is 6.92 Å². The average molecular weight is 412 g/mol. The molecule has 0 aliphatic carbocycles. The second kappa shape index (κ2) is 8.31. The molecule has 0 aliphatic rings. The Hall–Kier alpha value is -2.73. The maximum Gasteiger partial charge on any atom is 0.269 e. The van der Waals surface area contributed by atoms with Gasteiger partial charge >= 0.3 is 0 Å². The van der Waals surface area contributed by atoms with Gasteiger partial charge in [0.05, 0.1) is 29.0 Å². The zero-order chi connectivity index (χ0) is 20.2. The predicted molar refractivity (Wildman–Crippen MR) is 104 cm³/mol. The quantitative estimate of drug-likeness (QED) is 0.458. The van der Waals surface area contributed by atoms with Crippen LogP contribution in [0.4, 0.5) is 16.4 Å². The number of aryl methyl sites for hydroxylation is 1. The molecule has 0 radical (unpaired) electrons. The van der Waals surface area contributed by atoms with E-state index in [9.17, 15) is 18.0 Å². The molecule has 0 saturated heterocycles. The Morgan fingerprint density at radius 3 is 2.52 bits per heavy atom. The molecule has 6 N–H and O–H groups in total. The lowest BCUT2D eigenvalue weighted by atomic mass is 10.2. The summed E-state index contributed by atoms with van der Waals surface area (Å²) in [7, 11) is -3.25.